The van der Waals surface area contributed by atoms with Crippen molar-refractivity contribution in [3.05, 3.63) is 23.8 Å². The van der Waals surface area contributed by atoms with Gasteiger partial charge in [0.1, 0.15) is 5.78 Å². The molecule has 0 amide bonds. The summed E-state index contributed by atoms with van der Waals surface area (Å²) in [6.07, 6.45) is 9.00. The molecule has 0 unspecified atom stereocenters. The zero-order chi connectivity index (χ0) is 12.6. The van der Waals surface area contributed by atoms with Crippen LogP contribution in [0.1, 0.15) is 53.9 Å². The maximum absolute atomic E-state index is 11.8. The Hall–Kier alpha value is -0.850. The van der Waals surface area contributed by atoms with Gasteiger partial charge in [-0.2, -0.15) is 0 Å². The second-order valence-corrected chi connectivity index (χ2v) is 4.72. The highest BCUT2D eigenvalue weighted by Crippen LogP contribution is 2.14. The number of carbonyl (C=O) groups is 1. The third-order valence-corrected chi connectivity index (χ3v) is 3.03. The minimum absolute atomic E-state index is 0.0558. The lowest BCUT2D eigenvalue weighted by molar-refractivity contribution is -0.121. The summed E-state index contributed by atoms with van der Waals surface area (Å²) in [4.78, 5) is 11.8. The van der Waals surface area contributed by atoms with Crippen molar-refractivity contribution in [1.29, 1.82) is 0 Å². The predicted octanol–water partition coefficient (Wildman–Crippen LogP) is 4.54. The van der Waals surface area contributed by atoms with E-state index in [1.54, 1.807) is 0 Å². The van der Waals surface area contributed by atoms with Gasteiger partial charge in [-0.25, -0.2) is 0 Å². The van der Waals surface area contributed by atoms with Gasteiger partial charge in [-0.1, -0.05) is 51.0 Å². The van der Waals surface area contributed by atoms with Crippen molar-refractivity contribution in [2.75, 3.05) is 0 Å². The Balaban J connectivity index is 4.14. The van der Waals surface area contributed by atoms with Crippen LogP contribution in [-0.4, -0.2) is 5.78 Å². The van der Waals surface area contributed by atoms with E-state index in [1.807, 2.05) is 32.9 Å². The minimum atomic E-state index is 0.0558. The molecule has 0 heterocycles. The summed E-state index contributed by atoms with van der Waals surface area (Å²) in [7, 11) is 0. The van der Waals surface area contributed by atoms with E-state index in [0.29, 0.717) is 11.7 Å². The van der Waals surface area contributed by atoms with E-state index in [1.165, 1.54) is 5.57 Å². The molecule has 0 aliphatic heterocycles. The lowest BCUT2D eigenvalue weighted by Gasteiger charge is -2.10. The van der Waals surface area contributed by atoms with Crippen molar-refractivity contribution in [3.8, 4) is 0 Å². The first-order valence-electron chi connectivity index (χ1n) is 6.35. The molecule has 0 aromatic rings. The third kappa shape index (κ3) is 6.60. The summed E-state index contributed by atoms with van der Waals surface area (Å²) in [5.41, 5.74) is 1.17. The molecule has 2 atom stereocenters. The summed E-state index contributed by atoms with van der Waals surface area (Å²) in [6.45, 7) is 10.4. The zero-order valence-corrected chi connectivity index (χ0v) is 11.4. The highest BCUT2D eigenvalue weighted by molar-refractivity contribution is 5.82. The minimum Gasteiger partial charge on any atom is -0.299 e. The van der Waals surface area contributed by atoms with Crippen molar-refractivity contribution in [1.82, 2.24) is 0 Å². The second kappa shape index (κ2) is 8.32. The summed E-state index contributed by atoms with van der Waals surface area (Å²) in [5, 5.41) is 0. The Bertz CT molecular complexity index is 261. The molecule has 0 spiro atoms. The fourth-order valence-electron chi connectivity index (χ4n) is 1.63. The Labute approximate surface area is 101 Å². The molecule has 0 saturated heterocycles. The topological polar surface area (TPSA) is 17.1 Å². The van der Waals surface area contributed by atoms with Crippen molar-refractivity contribution in [3.63, 3.8) is 0 Å². The van der Waals surface area contributed by atoms with E-state index in [0.717, 1.165) is 19.3 Å². The highest BCUT2D eigenvalue weighted by Gasteiger charge is 2.11. The first-order chi connectivity index (χ1) is 7.51. The molecule has 0 fully saturated rings. The van der Waals surface area contributed by atoms with Gasteiger partial charge in [0, 0.05) is 12.3 Å². The molecule has 0 bridgehead atoms. The lowest BCUT2D eigenvalue weighted by atomic mass is 9.95. The van der Waals surface area contributed by atoms with Gasteiger partial charge >= 0.3 is 0 Å². The number of Topliss-reactive ketones (excluding diaryl/α,β-unsaturated/α-hetero) is 1. The van der Waals surface area contributed by atoms with E-state index in [-0.39, 0.29) is 5.92 Å². The van der Waals surface area contributed by atoms with Crippen LogP contribution in [0.5, 0.6) is 0 Å². The fraction of sp³-hybridized carbons (Fsp3) is 0.667. The van der Waals surface area contributed by atoms with Crippen LogP contribution in [-0.2, 0) is 4.79 Å². The number of hydrogen-bond donors (Lipinski definition) is 0. The van der Waals surface area contributed by atoms with Gasteiger partial charge in [0.05, 0.1) is 0 Å². The molecule has 0 aromatic heterocycles. The van der Waals surface area contributed by atoms with Crippen LogP contribution in [0.2, 0.25) is 0 Å². The largest absolute Gasteiger partial charge is 0.299 e. The van der Waals surface area contributed by atoms with Gasteiger partial charge in [0.25, 0.3) is 0 Å². The molecule has 0 aliphatic carbocycles. The lowest BCUT2D eigenvalue weighted by Crippen LogP contribution is -2.10. The molecule has 1 heteroatoms. The highest BCUT2D eigenvalue weighted by atomic mass is 16.1. The summed E-state index contributed by atoms with van der Waals surface area (Å²) in [6, 6.07) is 0. The quantitative estimate of drug-likeness (QED) is 0.578. The van der Waals surface area contributed by atoms with E-state index < -0.39 is 0 Å². The first kappa shape index (κ1) is 15.2. The van der Waals surface area contributed by atoms with E-state index in [9.17, 15) is 4.79 Å². The number of ketones is 1. The van der Waals surface area contributed by atoms with Gasteiger partial charge in [-0.15, -0.1) is 0 Å². The smallest absolute Gasteiger partial charge is 0.139 e. The van der Waals surface area contributed by atoms with E-state index in [2.05, 4.69) is 19.9 Å². The van der Waals surface area contributed by atoms with Crippen LogP contribution in [0, 0.1) is 11.8 Å². The Morgan fingerprint density at radius 2 is 1.94 bits per heavy atom. The predicted molar refractivity (Wildman–Crippen MR) is 71.4 cm³/mol. The summed E-state index contributed by atoms with van der Waals surface area (Å²) >= 11 is 0. The van der Waals surface area contributed by atoms with Gasteiger partial charge < -0.3 is 0 Å². The number of carbonyl (C=O) groups excluding carboxylic acids is 1. The molecule has 0 aliphatic rings. The molecule has 16 heavy (non-hydrogen) atoms. The second-order valence-electron chi connectivity index (χ2n) is 4.72. The Morgan fingerprint density at radius 1 is 1.31 bits per heavy atom. The third-order valence-electron chi connectivity index (χ3n) is 3.03. The standard InChI is InChI=1S/C15H26O/c1-6-8-13(4)11-14(5)15(16)10-9-12(3)7-2/h6,8,11-12,14H,7,9-10H2,1-5H3/b8-6+,13-11-/t12-,14-/m0/s1. The van der Waals surface area contributed by atoms with Crippen molar-refractivity contribution >= 4 is 5.78 Å². The Morgan fingerprint density at radius 3 is 2.44 bits per heavy atom. The summed E-state index contributed by atoms with van der Waals surface area (Å²) < 4.78 is 0. The normalized spacial score (nSPS) is 16.4. The van der Waals surface area contributed by atoms with Gasteiger partial charge in [-0.3, -0.25) is 4.79 Å². The molecule has 0 rings (SSSR count). The van der Waals surface area contributed by atoms with Crippen LogP contribution in [0.15, 0.2) is 23.8 Å². The van der Waals surface area contributed by atoms with Crippen LogP contribution in [0.3, 0.4) is 0 Å². The molecule has 0 aromatic carbocycles. The van der Waals surface area contributed by atoms with Crippen LogP contribution in [0.25, 0.3) is 0 Å². The molecule has 1 nitrogen and oxygen atoms in total. The monoisotopic (exact) mass is 222 g/mol. The Kier molecular flexibility index (Phi) is 7.88. The van der Waals surface area contributed by atoms with Gasteiger partial charge in [-0.05, 0) is 26.2 Å². The van der Waals surface area contributed by atoms with Crippen LogP contribution < -0.4 is 0 Å². The molecule has 0 radical (unpaired) electrons. The molecular formula is C15H26O. The number of rotatable bonds is 7. The summed E-state index contributed by atoms with van der Waals surface area (Å²) in [5.74, 6) is 1.08. The van der Waals surface area contributed by atoms with Crippen molar-refractivity contribution < 1.29 is 4.79 Å². The van der Waals surface area contributed by atoms with Gasteiger partial charge in [0.2, 0.25) is 0 Å². The van der Waals surface area contributed by atoms with Crippen molar-refractivity contribution in [2.45, 2.75) is 53.9 Å². The van der Waals surface area contributed by atoms with E-state index in [4.69, 9.17) is 0 Å². The van der Waals surface area contributed by atoms with Crippen LogP contribution >= 0.6 is 0 Å². The molecule has 0 saturated carbocycles. The zero-order valence-electron chi connectivity index (χ0n) is 11.4. The average molecular weight is 222 g/mol. The van der Waals surface area contributed by atoms with Gasteiger partial charge in [0.15, 0.2) is 0 Å². The SMILES string of the molecule is C/C=C/C(C)=C\[C@H](C)C(=O)CC[C@@H](C)CC. The first-order valence-corrected chi connectivity index (χ1v) is 6.35. The molecule has 0 N–H and O–H groups in total. The maximum atomic E-state index is 11.8. The maximum Gasteiger partial charge on any atom is 0.139 e. The van der Waals surface area contributed by atoms with Crippen LogP contribution in [0.4, 0.5) is 0 Å². The molecular weight excluding hydrogens is 196 g/mol. The number of allylic oxidation sites excluding steroid dienone is 4. The number of hydrogen-bond acceptors (Lipinski definition) is 1. The average Bonchev–Trinajstić information content (AvgIpc) is 2.25. The van der Waals surface area contributed by atoms with E-state index >= 15 is 0 Å². The molecule has 92 valence electrons. The fourth-order valence-corrected chi connectivity index (χ4v) is 1.63. The van der Waals surface area contributed by atoms with Crippen molar-refractivity contribution in [2.24, 2.45) is 11.8 Å².